The third-order valence-corrected chi connectivity index (χ3v) is 8.13. The predicted molar refractivity (Wildman–Crippen MR) is 196 cm³/mol. The van der Waals surface area contributed by atoms with Crippen LogP contribution >= 0.6 is 15.9 Å². The lowest BCUT2D eigenvalue weighted by atomic mass is 10.1. The number of benzene rings is 4. The molecule has 1 N–H and O–H groups in total. The summed E-state index contributed by atoms with van der Waals surface area (Å²) in [7, 11) is 1.49. The molecule has 1 saturated heterocycles. The molecule has 0 bridgehead atoms. The lowest BCUT2D eigenvalue weighted by Crippen LogP contribution is -2.54. The van der Waals surface area contributed by atoms with Crippen LogP contribution in [0.3, 0.4) is 0 Å². The number of rotatable bonds is 16. The summed E-state index contributed by atoms with van der Waals surface area (Å²) in [6, 6.07) is 22.7. The fourth-order valence-corrected chi connectivity index (χ4v) is 5.75. The van der Waals surface area contributed by atoms with Crippen LogP contribution in [0.2, 0.25) is 0 Å². The quantitative estimate of drug-likeness (QED) is 0.0899. The van der Waals surface area contributed by atoms with Gasteiger partial charge in [0.2, 0.25) is 0 Å². The van der Waals surface area contributed by atoms with Crippen LogP contribution in [0.5, 0.6) is 34.5 Å². The SMILES string of the molecule is CCCOc1ccc(N2C(=O)NC(=O)/C(=C\c3cc(Br)c(OCc4ccc(OCc5ccccc5)c(OCC)c4)c(OC)c3)C2=O)cc1OCC. The van der Waals surface area contributed by atoms with E-state index in [1.165, 1.54) is 19.3 Å². The van der Waals surface area contributed by atoms with Gasteiger partial charge in [-0.3, -0.25) is 14.9 Å². The maximum absolute atomic E-state index is 13.7. The molecule has 0 spiro atoms. The number of nitrogens with zero attached hydrogens (tertiary/aromatic N) is 1. The molecule has 4 amide bonds. The highest BCUT2D eigenvalue weighted by Crippen LogP contribution is 2.39. The molecule has 0 atom stereocenters. The Morgan fingerprint density at radius 2 is 1.39 bits per heavy atom. The Morgan fingerprint density at radius 3 is 2.10 bits per heavy atom. The van der Waals surface area contributed by atoms with Gasteiger partial charge in [0.1, 0.15) is 18.8 Å². The van der Waals surface area contributed by atoms with Gasteiger partial charge < -0.3 is 28.4 Å². The zero-order valence-electron chi connectivity index (χ0n) is 28.8. The first-order valence-electron chi connectivity index (χ1n) is 16.5. The molecule has 4 aromatic rings. The highest BCUT2D eigenvalue weighted by Gasteiger charge is 2.37. The van der Waals surface area contributed by atoms with Crippen molar-refractivity contribution < 1.29 is 42.8 Å². The largest absolute Gasteiger partial charge is 0.493 e. The number of ether oxygens (including phenoxy) is 6. The molecule has 1 aliphatic heterocycles. The summed E-state index contributed by atoms with van der Waals surface area (Å²) in [6.45, 7) is 7.56. The second-order valence-corrected chi connectivity index (χ2v) is 12.0. The number of carbonyl (C=O) groups excluding carboxylic acids is 3. The number of imide groups is 2. The van der Waals surface area contributed by atoms with E-state index in [0.29, 0.717) is 71.0 Å². The molecule has 1 aliphatic rings. The second kappa shape index (κ2) is 17.4. The summed E-state index contributed by atoms with van der Waals surface area (Å²) >= 11 is 3.55. The summed E-state index contributed by atoms with van der Waals surface area (Å²) < 4.78 is 35.7. The van der Waals surface area contributed by atoms with Crippen molar-refractivity contribution in [3.8, 4) is 34.5 Å². The van der Waals surface area contributed by atoms with E-state index >= 15 is 0 Å². The Kier molecular flexibility index (Phi) is 12.6. The highest BCUT2D eigenvalue weighted by molar-refractivity contribution is 9.10. The van der Waals surface area contributed by atoms with Crippen molar-refractivity contribution in [2.24, 2.45) is 0 Å². The summed E-state index contributed by atoms with van der Waals surface area (Å²) in [5, 5.41) is 2.26. The van der Waals surface area contributed by atoms with E-state index in [4.69, 9.17) is 28.4 Å². The molecular formula is C39H39BrN2O9. The van der Waals surface area contributed by atoms with E-state index in [-0.39, 0.29) is 17.9 Å². The van der Waals surface area contributed by atoms with Gasteiger partial charge >= 0.3 is 6.03 Å². The normalized spacial score (nSPS) is 13.5. The van der Waals surface area contributed by atoms with Gasteiger partial charge in [0.25, 0.3) is 11.8 Å². The van der Waals surface area contributed by atoms with Gasteiger partial charge in [0.05, 0.1) is 37.1 Å². The van der Waals surface area contributed by atoms with Gasteiger partial charge in [-0.05, 0) is 95.4 Å². The minimum Gasteiger partial charge on any atom is -0.493 e. The zero-order valence-corrected chi connectivity index (χ0v) is 30.4. The van der Waals surface area contributed by atoms with E-state index in [2.05, 4.69) is 21.2 Å². The van der Waals surface area contributed by atoms with Gasteiger partial charge in [0.15, 0.2) is 34.5 Å². The van der Waals surface area contributed by atoms with Crippen molar-refractivity contribution in [3.63, 3.8) is 0 Å². The average molecular weight is 760 g/mol. The van der Waals surface area contributed by atoms with Crippen LogP contribution in [-0.2, 0) is 22.8 Å². The van der Waals surface area contributed by atoms with E-state index in [0.717, 1.165) is 22.4 Å². The molecule has 0 aromatic heterocycles. The van der Waals surface area contributed by atoms with Crippen LogP contribution in [0, 0.1) is 0 Å². The topological polar surface area (TPSA) is 122 Å². The Bertz CT molecular complexity index is 1910. The highest BCUT2D eigenvalue weighted by atomic mass is 79.9. The number of hydrogen-bond acceptors (Lipinski definition) is 9. The van der Waals surface area contributed by atoms with Crippen LogP contribution in [0.15, 0.2) is 88.9 Å². The fourth-order valence-electron chi connectivity index (χ4n) is 5.18. The molecule has 0 radical (unpaired) electrons. The Balaban J connectivity index is 1.35. The number of methoxy groups -OCH3 is 1. The fraction of sp³-hybridized carbons (Fsp3) is 0.256. The molecule has 1 fully saturated rings. The summed E-state index contributed by atoms with van der Waals surface area (Å²) in [5.74, 6) is 1.21. The van der Waals surface area contributed by atoms with E-state index in [1.807, 2.05) is 69.3 Å². The van der Waals surface area contributed by atoms with Gasteiger partial charge in [-0.1, -0.05) is 43.3 Å². The van der Waals surface area contributed by atoms with Crippen LogP contribution in [0.1, 0.15) is 43.9 Å². The summed E-state index contributed by atoms with van der Waals surface area (Å²) in [5.41, 5.74) is 2.29. The number of halogens is 1. The molecule has 51 heavy (non-hydrogen) atoms. The maximum Gasteiger partial charge on any atom is 0.335 e. The van der Waals surface area contributed by atoms with Crippen LogP contribution in [-0.4, -0.2) is 44.8 Å². The Morgan fingerprint density at radius 1 is 0.706 bits per heavy atom. The van der Waals surface area contributed by atoms with Gasteiger partial charge in [-0.25, -0.2) is 9.69 Å². The molecule has 5 rings (SSSR count). The van der Waals surface area contributed by atoms with E-state index in [1.54, 1.807) is 24.3 Å². The molecule has 266 valence electrons. The van der Waals surface area contributed by atoms with Gasteiger partial charge in [0, 0.05) is 6.07 Å². The molecule has 11 nitrogen and oxygen atoms in total. The number of carbonyl (C=O) groups is 3. The van der Waals surface area contributed by atoms with Crippen LogP contribution in [0.25, 0.3) is 6.08 Å². The van der Waals surface area contributed by atoms with Crippen molar-refractivity contribution >= 4 is 45.5 Å². The number of barbiturate groups is 1. The number of nitrogens with one attached hydrogen (secondary N) is 1. The summed E-state index contributed by atoms with van der Waals surface area (Å²) in [6.07, 6.45) is 2.18. The molecule has 0 saturated carbocycles. The van der Waals surface area contributed by atoms with Crippen molar-refractivity contribution in [1.29, 1.82) is 0 Å². The average Bonchev–Trinajstić information content (AvgIpc) is 3.12. The van der Waals surface area contributed by atoms with Crippen molar-refractivity contribution in [2.75, 3.05) is 31.8 Å². The smallest absolute Gasteiger partial charge is 0.335 e. The molecule has 0 unspecified atom stereocenters. The molecule has 0 aliphatic carbocycles. The molecular weight excluding hydrogens is 720 g/mol. The minimum atomic E-state index is -0.877. The van der Waals surface area contributed by atoms with Crippen molar-refractivity contribution in [1.82, 2.24) is 5.32 Å². The first kappa shape index (κ1) is 36.8. The number of anilines is 1. The predicted octanol–water partition coefficient (Wildman–Crippen LogP) is 7.87. The van der Waals surface area contributed by atoms with Gasteiger partial charge in [-0.2, -0.15) is 0 Å². The van der Waals surface area contributed by atoms with Crippen LogP contribution in [0.4, 0.5) is 10.5 Å². The van der Waals surface area contributed by atoms with Crippen molar-refractivity contribution in [3.05, 3.63) is 106 Å². The first-order chi connectivity index (χ1) is 24.8. The molecule has 4 aromatic carbocycles. The maximum atomic E-state index is 13.7. The summed E-state index contributed by atoms with van der Waals surface area (Å²) in [4.78, 5) is 40.4. The van der Waals surface area contributed by atoms with E-state index < -0.39 is 17.8 Å². The van der Waals surface area contributed by atoms with E-state index in [9.17, 15) is 14.4 Å². The number of hydrogen-bond donors (Lipinski definition) is 1. The lowest BCUT2D eigenvalue weighted by molar-refractivity contribution is -0.122. The molecule has 12 heteroatoms. The zero-order chi connectivity index (χ0) is 36.3. The van der Waals surface area contributed by atoms with Crippen molar-refractivity contribution in [2.45, 2.75) is 40.4 Å². The lowest BCUT2D eigenvalue weighted by Gasteiger charge is -2.27. The first-order valence-corrected chi connectivity index (χ1v) is 17.3. The Hall–Kier alpha value is -5.49. The van der Waals surface area contributed by atoms with Gasteiger partial charge in [-0.15, -0.1) is 0 Å². The Labute approximate surface area is 305 Å². The third kappa shape index (κ3) is 9.01. The monoisotopic (exact) mass is 758 g/mol. The standard InChI is InChI=1S/C39H39BrN2O9/c1-5-17-49-31-16-14-28(22-34(31)48-7-3)42-38(44)29(37(43)41-39(42)45)18-27-19-30(40)36(35(21-27)46-4)51-24-26-13-15-32(33(20-26)47-6-2)50-23-25-11-9-8-10-12-25/h8-16,18-22H,5-7,17,23-24H2,1-4H3,(H,41,43,45)/b29-18+. The molecule has 1 heterocycles. The third-order valence-electron chi connectivity index (χ3n) is 7.54. The number of urea groups is 1. The number of amides is 4. The second-order valence-electron chi connectivity index (χ2n) is 11.2. The van der Waals surface area contributed by atoms with Crippen LogP contribution < -0.4 is 38.6 Å². The minimum absolute atomic E-state index is 0.179.